The van der Waals surface area contributed by atoms with Gasteiger partial charge in [-0.3, -0.25) is 4.90 Å². The lowest BCUT2D eigenvalue weighted by atomic mass is 10.1. The van der Waals surface area contributed by atoms with Crippen LogP contribution in [-0.2, 0) is 9.57 Å². The molecule has 0 atom stereocenters. The van der Waals surface area contributed by atoms with Crippen molar-refractivity contribution in [1.82, 2.24) is 9.47 Å². The molecule has 1 fully saturated rings. The Balaban J connectivity index is 1.46. The Morgan fingerprint density at radius 1 is 1.09 bits per heavy atom. The third-order valence-electron chi connectivity index (χ3n) is 4.17. The summed E-state index contributed by atoms with van der Waals surface area (Å²) in [4.78, 5) is 7.94. The number of hydrogen-bond acceptors (Lipinski definition) is 4. The molecule has 2 aliphatic heterocycles. The Bertz CT molecular complexity index is 687. The maximum atomic E-state index is 5.60. The molecule has 0 saturated carbocycles. The van der Waals surface area contributed by atoms with E-state index in [-0.39, 0.29) is 0 Å². The highest BCUT2D eigenvalue weighted by Gasteiger charge is 2.24. The standard InChI is InChI=1S/C17H19N3O2/c1-2-5-15-14(4-1)17(16-6-3-7-20(15)16)18-22-13-10-19-8-11-21-12-9-19/h1-7H,8-13H2/b18-17-. The van der Waals surface area contributed by atoms with Gasteiger partial charge in [0.1, 0.15) is 12.3 Å². The first-order valence-corrected chi connectivity index (χ1v) is 7.71. The van der Waals surface area contributed by atoms with Gasteiger partial charge in [-0.15, -0.1) is 0 Å². The van der Waals surface area contributed by atoms with E-state index in [1.165, 1.54) is 0 Å². The van der Waals surface area contributed by atoms with Crippen molar-refractivity contribution < 1.29 is 9.57 Å². The summed E-state index contributed by atoms with van der Waals surface area (Å²) in [7, 11) is 0. The number of rotatable bonds is 4. The van der Waals surface area contributed by atoms with Crippen molar-refractivity contribution in [2.45, 2.75) is 0 Å². The van der Waals surface area contributed by atoms with E-state index in [9.17, 15) is 0 Å². The lowest BCUT2D eigenvalue weighted by molar-refractivity contribution is 0.0212. The largest absolute Gasteiger partial charge is 0.394 e. The number of ether oxygens (including phenoxy) is 1. The minimum absolute atomic E-state index is 0.604. The summed E-state index contributed by atoms with van der Waals surface area (Å²) in [5.74, 6) is 0. The predicted octanol–water partition coefficient (Wildman–Crippen LogP) is 1.89. The molecule has 4 rings (SSSR count). The first-order chi connectivity index (χ1) is 10.9. The number of hydrogen-bond donors (Lipinski definition) is 0. The summed E-state index contributed by atoms with van der Waals surface area (Å²) in [5.41, 5.74) is 4.30. The molecule has 0 aliphatic carbocycles. The topological polar surface area (TPSA) is 39.0 Å². The second kappa shape index (κ2) is 5.94. The molecule has 0 unspecified atom stereocenters. The van der Waals surface area contributed by atoms with Crippen LogP contribution in [0.5, 0.6) is 0 Å². The first kappa shape index (κ1) is 13.5. The maximum absolute atomic E-state index is 5.60. The molecule has 0 N–H and O–H groups in total. The van der Waals surface area contributed by atoms with Crippen LogP contribution in [0, 0.1) is 0 Å². The average Bonchev–Trinajstić information content (AvgIpc) is 3.15. The van der Waals surface area contributed by atoms with E-state index in [4.69, 9.17) is 9.57 Å². The summed E-state index contributed by atoms with van der Waals surface area (Å²) in [6.45, 7) is 5.08. The minimum Gasteiger partial charge on any atom is -0.394 e. The summed E-state index contributed by atoms with van der Waals surface area (Å²) >= 11 is 0. The van der Waals surface area contributed by atoms with Crippen LogP contribution in [0.15, 0.2) is 47.8 Å². The van der Waals surface area contributed by atoms with Gasteiger partial charge in [0.2, 0.25) is 0 Å². The van der Waals surface area contributed by atoms with E-state index in [1.807, 2.05) is 18.2 Å². The number of para-hydroxylation sites is 1. The molecule has 3 heterocycles. The Morgan fingerprint density at radius 3 is 2.86 bits per heavy atom. The molecule has 1 aromatic carbocycles. The molecule has 0 amide bonds. The molecule has 0 bridgehead atoms. The summed E-state index contributed by atoms with van der Waals surface area (Å²) in [5, 5.41) is 4.40. The zero-order valence-corrected chi connectivity index (χ0v) is 12.4. The van der Waals surface area contributed by atoms with Gasteiger partial charge in [-0.25, -0.2) is 0 Å². The van der Waals surface area contributed by atoms with Gasteiger partial charge < -0.3 is 14.1 Å². The molecular weight excluding hydrogens is 278 g/mol. The fourth-order valence-electron chi connectivity index (χ4n) is 3.01. The molecule has 5 heteroatoms. The number of oxime groups is 1. The van der Waals surface area contributed by atoms with Crippen molar-refractivity contribution in [3.63, 3.8) is 0 Å². The fraction of sp³-hybridized carbons (Fsp3) is 0.353. The number of benzene rings is 1. The van der Waals surface area contributed by atoms with Crippen molar-refractivity contribution >= 4 is 5.71 Å². The van der Waals surface area contributed by atoms with Crippen LogP contribution in [0.3, 0.4) is 0 Å². The van der Waals surface area contributed by atoms with Crippen LogP contribution in [0.25, 0.3) is 5.69 Å². The van der Waals surface area contributed by atoms with E-state index < -0.39 is 0 Å². The first-order valence-electron chi connectivity index (χ1n) is 7.71. The highest BCUT2D eigenvalue weighted by Crippen LogP contribution is 2.28. The van der Waals surface area contributed by atoms with Crippen LogP contribution >= 0.6 is 0 Å². The smallest absolute Gasteiger partial charge is 0.136 e. The van der Waals surface area contributed by atoms with E-state index in [0.29, 0.717) is 6.61 Å². The number of aromatic nitrogens is 1. The number of morpholine rings is 1. The average molecular weight is 297 g/mol. The van der Waals surface area contributed by atoms with Crippen LogP contribution < -0.4 is 0 Å². The van der Waals surface area contributed by atoms with Gasteiger partial charge >= 0.3 is 0 Å². The number of nitrogens with zero attached hydrogens (tertiary/aromatic N) is 3. The van der Waals surface area contributed by atoms with Crippen molar-refractivity contribution in [2.24, 2.45) is 5.16 Å². The van der Waals surface area contributed by atoms with Crippen LogP contribution in [0.1, 0.15) is 11.3 Å². The predicted molar refractivity (Wildman–Crippen MR) is 84.6 cm³/mol. The summed E-state index contributed by atoms with van der Waals surface area (Å²) in [6, 6.07) is 12.4. The maximum Gasteiger partial charge on any atom is 0.136 e. The SMILES string of the molecule is c1ccc2c(c1)/C(=N/OCCN1CCOCC1)c1cccn1-2. The Morgan fingerprint density at radius 2 is 1.95 bits per heavy atom. The van der Waals surface area contributed by atoms with Gasteiger partial charge in [-0.1, -0.05) is 23.4 Å². The van der Waals surface area contributed by atoms with E-state index >= 15 is 0 Å². The molecule has 0 spiro atoms. The highest BCUT2D eigenvalue weighted by molar-refractivity contribution is 6.17. The van der Waals surface area contributed by atoms with Gasteiger partial charge in [-0.2, -0.15) is 0 Å². The quantitative estimate of drug-likeness (QED) is 0.545. The molecule has 5 nitrogen and oxygen atoms in total. The van der Waals surface area contributed by atoms with E-state index in [0.717, 1.165) is 55.5 Å². The zero-order valence-electron chi connectivity index (χ0n) is 12.4. The van der Waals surface area contributed by atoms with Crippen molar-refractivity contribution in [1.29, 1.82) is 0 Å². The molecule has 2 aliphatic rings. The molecule has 22 heavy (non-hydrogen) atoms. The van der Waals surface area contributed by atoms with Gasteiger partial charge in [0.05, 0.1) is 24.6 Å². The third-order valence-corrected chi connectivity index (χ3v) is 4.17. The summed E-state index contributed by atoms with van der Waals surface area (Å²) in [6.07, 6.45) is 2.06. The van der Waals surface area contributed by atoms with Crippen molar-refractivity contribution in [3.8, 4) is 5.69 Å². The zero-order chi connectivity index (χ0) is 14.8. The second-order valence-corrected chi connectivity index (χ2v) is 5.51. The monoisotopic (exact) mass is 297 g/mol. The second-order valence-electron chi connectivity index (χ2n) is 5.51. The van der Waals surface area contributed by atoms with Gasteiger partial charge in [-0.05, 0) is 18.2 Å². The Hall–Kier alpha value is -2.11. The Labute approximate surface area is 129 Å². The normalized spacial score (nSPS) is 19.2. The van der Waals surface area contributed by atoms with Crippen molar-refractivity contribution in [3.05, 3.63) is 53.9 Å². The minimum atomic E-state index is 0.604. The molecular formula is C17H19N3O2. The van der Waals surface area contributed by atoms with Gasteiger partial charge in [0.25, 0.3) is 0 Å². The van der Waals surface area contributed by atoms with Crippen LogP contribution in [0.2, 0.25) is 0 Å². The van der Waals surface area contributed by atoms with Gasteiger partial charge in [0, 0.05) is 31.4 Å². The van der Waals surface area contributed by atoms with Crippen LogP contribution in [-0.4, -0.2) is 54.6 Å². The van der Waals surface area contributed by atoms with Gasteiger partial charge in [0.15, 0.2) is 0 Å². The summed E-state index contributed by atoms with van der Waals surface area (Å²) < 4.78 is 7.50. The molecule has 1 aromatic heterocycles. The lowest BCUT2D eigenvalue weighted by Crippen LogP contribution is -2.38. The van der Waals surface area contributed by atoms with Crippen molar-refractivity contribution in [2.75, 3.05) is 39.5 Å². The van der Waals surface area contributed by atoms with E-state index in [2.05, 4.69) is 39.0 Å². The molecule has 114 valence electrons. The lowest BCUT2D eigenvalue weighted by Gasteiger charge is -2.25. The third kappa shape index (κ3) is 2.42. The van der Waals surface area contributed by atoms with E-state index in [1.54, 1.807) is 0 Å². The molecule has 2 aromatic rings. The number of fused-ring (bicyclic) bond motifs is 3. The highest BCUT2D eigenvalue weighted by atomic mass is 16.6. The fourth-order valence-corrected chi connectivity index (χ4v) is 3.01. The molecule has 1 saturated heterocycles. The Kier molecular flexibility index (Phi) is 3.66. The molecule has 0 radical (unpaired) electrons. The van der Waals surface area contributed by atoms with Crippen LogP contribution in [0.4, 0.5) is 0 Å².